The topological polar surface area (TPSA) is 125 Å². The van der Waals surface area contributed by atoms with E-state index in [1.165, 1.54) is 0 Å². The van der Waals surface area contributed by atoms with Crippen molar-refractivity contribution in [2.45, 2.75) is 89.3 Å². The molecule has 3 aromatic heterocycles. The molecule has 1 saturated carbocycles. The Kier molecular flexibility index (Phi) is 10.1. The molecule has 1 spiro atoms. The maximum atomic E-state index is 14.4. The van der Waals surface area contributed by atoms with Gasteiger partial charge in [-0.2, -0.15) is 15.3 Å². The van der Waals surface area contributed by atoms with Crippen molar-refractivity contribution in [3.63, 3.8) is 0 Å². The van der Waals surface area contributed by atoms with E-state index < -0.39 is 12.5 Å². The zero-order chi connectivity index (χ0) is 38.4. The van der Waals surface area contributed by atoms with E-state index in [0.717, 1.165) is 119 Å². The first-order valence-corrected chi connectivity index (χ1v) is 20.1. The van der Waals surface area contributed by atoms with Gasteiger partial charge in [0, 0.05) is 61.6 Å². The molecule has 4 aliphatic heterocycles. The molecule has 5 aliphatic rings. The molecule has 9 rings (SSSR count). The number of hydrogen-bond acceptors (Lipinski definition) is 9. The number of ether oxygens (including phenoxy) is 2. The van der Waals surface area contributed by atoms with Gasteiger partial charge in [0.1, 0.15) is 24.2 Å². The zero-order valence-electron chi connectivity index (χ0n) is 31.8. The highest BCUT2D eigenvalue weighted by Crippen LogP contribution is 2.41. The molecule has 4 saturated heterocycles. The van der Waals surface area contributed by atoms with E-state index in [2.05, 4.69) is 42.3 Å². The Labute approximate surface area is 324 Å². The van der Waals surface area contributed by atoms with Gasteiger partial charge < -0.3 is 19.3 Å². The summed E-state index contributed by atoms with van der Waals surface area (Å²) in [6.45, 7) is 8.49. The molecule has 0 bridgehead atoms. The second-order valence-electron chi connectivity index (χ2n) is 16.4. The van der Waals surface area contributed by atoms with Crippen molar-refractivity contribution in [3.8, 4) is 17.5 Å². The Morgan fingerprint density at radius 2 is 1.86 bits per heavy atom. The number of hydrogen-bond donors (Lipinski definition) is 1. The number of aromatic nitrogens is 6. The van der Waals surface area contributed by atoms with Crippen LogP contribution in [0.2, 0.25) is 0 Å². The van der Waals surface area contributed by atoms with Crippen LogP contribution in [0.1, 0.15) is 93.2 Å². The summed E-state index contributed by atoms with van der Waals surface area (Å²) in [6.07, 6.45) is 8.53. The smallest absolute Gasteiger partial charge is 0.284 e. The minimum Gasteiger partial charge on any atom is -0.380 e. The predicted octanol–water partition coefficient (Wildman–Crippen LogP) is 5.13. The average Bonchev–Trinajstić information content (AvgIpc) is 3.99. The number of aryl methyl sites for hydroxylation is 1. The molecule has 1 atom stereocenters. The van der Waals surface area contributed by atoms with Crippen LogP contribution in [0.5, 0.6) is 0 Å². The standard InChI is InChI=1S/C41H49F2N9O4/c1-27-37-29(4-2-6-32(37)51(46-27)33-11-12-35(53)45-40(33)54)5-3-21-56-31-14-18-48(19-15-31)22-28-7-9-30(10-8-28)50-23-34(38(47-50)39(42)43)52-36(13-17-44-52)49-20-16-41(24-49)25-55-26-41/h2,4,6,13,17,23,28,30-31,33,39H,7-12,14-16,18-22,24-26H2,1H3,(H,45,53,54). The maximum absolute atomic E-state index is 14.4. The summed E-state index contributed by atoms with van der Waals surface area (Å²) in [4.78, 5) is 29.0. The number of nitrogens with one attached hydrogen (secondary N) is 1. The molecule has 5 fully saturated rings. The molecular weight excluding hydrogens is 721 g/mol. The number of piperidine rings is 2. The molecule has 7 heterocycles. The summed E-state index contributed by atoms with van der Waals surface area (Å²) in [6, 6.07) is 7.31. The first-order chi connectivity index (χ1) is 27.2. The van der Waals surface area contributed by atoms with Gasteiger partial charge >= 0.3 is 0 Å². The second-order valence-corrected chi connectivity index (χ2v) is 16.4. The van der Waals surface area contributed by atoms with Crippen LogP contribution in [0, 0.1) is 30.1 Å². The van der Waals surface area contributed by atoms with Crippen molar-refractivity contribution in [1.82, 2.24) is 39.6 Å². The lowest BCUT2D eigenvalue weighted by Crippen LogP contribution is -2.44. The van der Waals surface area contributed by atoms with Crippen molar-refractivity contribution >= 4 is 28.5 Å². The van der Waals surface area contributed by atoms with Gasteiger partial charge in [0.25, 0.3) is 12.3 Å². The summed E-state index contributed by atoms with van der Waals surface area (Å²) in [5.74, 6) is 7.31. The molecule has 296 valence electrons. The van der Waals surface area contributed by atoms with Gasteiger partial charge in [-0.3, -0.25) is 24.3 Å². The number of likely N-dealkylation sites (tertiary alicyclic amines) is 1. The highest BCUT2D eigenvalue weighted by atomic mass is 19.3. The Balaban J connectivity index is 0.747. The molecule has 1 aromatic carbocycles. The van der Waals surface area contributed by atoms with Gasteiger partial charge in [0.05, 0.1) is 49.0 Å². The van der Waals surface area contributed by atoms with Crippen LogP contribution in [0.25, 0.3) is 16.6 Å². The van der Waals surface area contributed by atoms with Gasteiger partial charge in [0.15, 0.2) is 5.69 Å². The van der Waals surface area contributed by atoms with Gasteiger partial charge in [-0.25, -0.2) is 13.5 Å². The molecule has 56 heavy (non-hydrogen) atoms. The fourth-order valence-corrected chi connectivity index (χ4v) is 9.52. The van der Waals surface area contributed by atoms with Crippen molar-refractivity contribution in [3.05, 3.63) is 53.6 Å². The number of carbonyl (C=O) groups is 2. The number of rotatable bonds is 9. The lowest BCUT2D eigenvalue weighted by Gasteiger charge is -2.37. The highest BCUT2D eigenvalue weighted by Gasteiger charge is 2.45. The number of amides is 2. The molecule has 2 amide bonds. The van der Waals surface area contributed by atoms with Crippen molar-refractivity contribution in [1.29, 1.82) is 0 Å². The van der Waals surface area contributed by atoms with Crippen LogP contribution in [0.3, 0.4) is 0 Å². The Hall–Kier alpha value is -4.65. The van der Waals surface area contributed by atoms with Crippen LogP contribution in [0.15, 0.2) is 36.7 Å². The highest BCUT2D eigenvalue weighted by molar-refractivity contribution is 6.00. The number of imide groups is 1. The first kappa shape index (κ1) is 37.0. The molecular formula is C41H49F2N9O4. The second kappa shape index (κ2) is 15.4. The van der Waals surface area contributed by atoms with Crippen LogP contribution < -0.4 is 10.2 Å². The average molecular weight is 770 g/mol. The van der Waals surface area contributed by atoms with Crippen LogP contribution >= 0.6 is 0 Å². The van der Waals surface area contributed by atoms with Crippen LogP contribution in [-0.4, -0.2) is 105 Å². The van der Waals surface area contributed by atoms with E-state index in [9.17, 15) is 18.4 Å². The van der Waals surface area contributed by atoms with E-state index in [-0.39, 0.29) is 35.1 Å². The summed E-state index contributed by atoms with van der Waals surface area (Å²) in [5, 5.41) is 16.9. The third-order valence-electron chi connectivity index (χ3n) is 12.6. The summed E-state index contributed by atoms with van der Waals surface area (Å²) < 4.78 is 45.5. The van der Waals surface area contributed by atoms with E-state index in [1.54, 1.807) is 26.4 Å². The number of alkyl halides is 2. The minimum absolute atomic E-state index is 0.0938. The normalized spacial score (nSPS) is 24.5. The fraction of sp³-hybridized carbons (Fsp3) is 0.585. The Morgan fingerprint density at radius 1 is 1.04 bits per heavy atom. The van der Waals surface area contributed by atoms with Crippen molar-refractivity contribution in [2.75, 3.05) is 57.4 Å². The van der Waals surface area contributed by atoms with Crippen LogP contribution in [0.4, 0.5) is 14.6 Å². The monoisotopic (exact) mass is 769 g/mol. The SMILES string of the molecule is Cc1nn(C2CCC(=O)NC2=O)c2cccc(C#CCOC3CCN(CC4CCC(n5cc(-n6nccc6N6CCC7(COC7)C6)c(C(F)F)n5)CC4)CC3)c12. The summed E-state index contributed by atoms with van der Waals surface area (Å²) >= 11 is 0. The Bertz CT molecular complexity index is 2150. The molecule has 15 heteroatoms. The maximum Gasteiger partial charge on any atom is 0.284 e. The largest absolute Gasteiger partial charge is 0.380 e. The number of anilines is 1. The summed E-state index contributed by atoms with van der Waals surface area (Å²) in [7, 11) is 0. The number of carbonyl (C=O) groups excluding carboxylic acids is 2. The number of halogens is 2. The zero-order valence-corrected chi connectivity index (χ0v) is 31.8. The third kappa shape index (κ3) is 7.23. The minimum atomic E-state index is -2.69. The predicted molar refractivity (Wildman–Crippen MR) is 204 cm³/mol. The lowest BCUT2D eigenvalue weighted by atomic mass is 9.85. The van der Waals surface area contributed by atoms with E-state index in [4.69, 9.17) is 9.47 Å². The molecule has 13 nitrogen and oxygen atoms in total. The van der Waals surface area contributed by atoms with Gasteiger partial charge in [0.2, 0.25) is 5.91 Å². The van der Waals surface area contributed by atoms with E-state index in [1.807, 2.05) is 31.2 Å². The molecule has 4 aromatic rings. The quantitative estimate of drug-likeness (QED) is 0.182. The first-order valence-electron chi connectivity index (χ1n) is 20.1. The van der Waals surface area contributed by atoms with Crippen LogP contribution in [-0.2, 0) is 19.1 Å². The molecule has 1 aliphatic carbocycles. The van der Waals surface area contributed by atoms with Gasteiger partial charge in [-0.05, 0) is 76.3 Å². The van der Waals surface area contributed by atoms with Gasteiger partial charge in [-0.1, -0.05) is 17.9 Å². The number of fused-ring (bicyclic) bond motifs is 1. The number of nitrogens with zero attached hydrogens (tertiary/aromatic N) is 8. The lowest BCUT2D eigenvalue weighted by molar-refractivity contribution is -0.135. The number of benzene rings is 1. The van der Waals surface area contributed by atoms with Crippen molar-refractivity contribution < 1.29 is 27.8 Å². The van der Waals surface area contributed by atoms with Crippen molar-refractivity contribution in [2.24, 2.45) is 11.3 Å². The molecule has 0 radical (unpaired) electrons. The van der Waals surface area contributed by atoms with E-state index >= 15 is 0 Å². The summed E-state index contributed by atoms with van der Waals surface area (Å²) in [5.41, 5.74) is 2.81. The molecule has 1 unspecified atom stereocenters. The Morgan fingerprint density at radius 3 is 2.59 bits per heavy atom. The van der Waals surface area contributed by atoms with Gasteiger partial charge in [-0.15, -0.1) is 0 Å². The fourth-order valence-electron chi connectivity index (χ4n) is 9.52. The third-order valence-corrected chi connectivity index (χ3v) is 12.6. The molecule has 1 N–H and O–H groups in total. The van der Waals surface area contributed by atoms with E-state index in [0.29, 0.717) is 31.1 Å².